The molecule has 0 saturated heterocycles. The number of fused-ring (bicyclic) bond motifs is 2. The predicted molar refractivity (Wildman–Crippen MR) is 93.6 cm³/mol. The molecule has 2 aromatic heterocycles. The van der Waals surface area contributed by atoms with Crippen LogP contribution < -0.4 is 0 Å². The molecule has 1 aromatic carbocycles. The van der Waals surface area contributed by atoms with Crippen molar-refractivity contribution < 1.29 is 0 Å². The molecule has 1 aliphatic carbocycles. The second-order valence-electron chi connectivity index (χ2n) is 5.75. The Morgan fingerprint density at radius 2 is 2.09 bits per heavy atom. The van der Waals surface area contributed by atoms with E-state index in [9.17, 15) is 5.26 Å². The van der Waals surface area contributed by atoms with E-state index < -0.39 is 0 Å². The standard InChI is InChI=1S/C18H16N4S/c19-10-13-12-6-2-1-3-9-16(12)23-18(13)20-11-17-21-14-7-4-5-8-15(14)22-17/h4-5,7-8,11H,1-3,6,9H2,(H,21,22)/b20-11+. The van der Waals surface area contributed by atoms with Gasteiger partial charge in [0.15, 0.2) is 0 Å². The summed E-state index contributed by atoms with van der Waals surface area (Å²) in [6.45, 7) is 0. The Balaban J connectivity index is 1.69. The number of aliphatic imine (C=N–C) groups is 1. The molecule has 2 heterocycles. The van der Waals surface area contributed by atoms with Gasteiger partial charge in [0.1, 0.15) is 16.9 Å². The summed E-state index contributed by atoms with van der Waals surface area (Å²) >= 11 is 1.66. The number of rotatable bonds is 2. The van der Waals surface area contributed by atoms with Crippen molar-refractivity contribution in [2.45, 2.75) is 32.1 Å². The van der Waals surface area contributed by atoms with Crippen LogP contribution in [-0.2, 0) is 12.8 Å². The second kappa shape index (κ2) is 5.98. The average molecular weight is 320 g/mol. The number of aromatic amines is 1. The number of nitrogens with one attached hydrogen (secondary N) is 1. The average Bonchev–Trinajstić information content (AvgIpc) is 3.05. The van der Waals surface area contributed by atoms with Crippen molar-refractivity contribution in [2.24, 2.45) is 4.99 Å². The van der Waals surface area contributed by atoms with Gasteiger partial charge in [-0.25, -0.2) is 9.98 Å². The highest BCUT2D eigenvalue weighted by Gasteiger charge is 2.19. The van der Waals surface area contributed by atoms with Gasteiger partial charge in [-0.15, -0.1) is 11.3 Å². The fourth-order valence-electron chi connectivity index (χ4n) is 3.09. The van der Waals surface area contributed by atoms with Gasteiger partial charge >= 0.3 is 0 Å². The molecule has 1 aliphatic rings. The molecule has 0 aliphatic heterocycles. The summed E-state index contributed by atoms with van der Waals surface area (Å²) in [7, 11) is 0. The van der Waals surface area contributed by atoms with Gasteiger partial charge in [0.25, 0.3) is 0 Å². The van der Waals surface area contributed by atoms with E-state index in [2.05, 4.69) is 21.0 Å². The lowest BCUT2D eigenvalue weighted by atomic mass is 10.1. The zero-order valence-electron chi connectivity index (χ0n) is 12.7. The van der Waals surface area contributed by atoms with Crippen LogP contribution in [0, 0.1) is 11.3 Å². The maximum absolute atomic E-state index is 9.53. The first-order valence-electron chi connectivity index (χ1n) is 7.88. The monoisotopic (exact) mass is 320 g/mol. The predicted octanol–water partition coefficient (Wildman–Crippen LogP) is 4.52. The van der Waals surface area contributed by atoms with Crippen LogP contribution in [0.1, 0.15) is 41.1 Å². The molecule has 0 amide bonds. The number of hydrogen-bond donors (Lipinski definition) is 1. The molecule has 1 N–H and O–H groups in total. The molecule has 0 radical (unpaired) electrons. The van der Waals surface area contributed by atoms with E-state index in [1.165, 1.54) is 29.7 Å². The van der Waals surface area contributed by atoms with Crippen molar-refractivity contribution in [3.05, 3.63) is 46.1 Å². The van der Waals surface area contributed by atoms with Crippen molar-refractivity contribution in [3.63, 3.8) is 0 Å². The molecule has 0 bridgehead atoms. The molecule has 0 saturated carbocycles. The minimum Gasteiger partial charge on any atom is -0.337 e. The number of aromatic nitrogens is 2. The van der Waals surface area contributed by atoms with Gasteiger partial charge < -0.3 is 4.98 Å². The number of benzene rings is 1. The number of hydrogen-bond acceptors (Lipinski definition) is 4. The van der Waals surface area contributed by atoms with Gasteiger partial charge in [0, 0.05) is 4.88 Å². The topological polar surface area (TPSA) is 64.8 Å². The first-order valence-corrected chi connectivity index (χ1v) is 8.70. The summed E-state index contributed by atoms with van der Waals surface area (Å²) in [5, 5.41) is 10.3. The third kappa shape index (κ3) is 2.66. The summed E-state index contributed by atoms with van der Waals surface area (Å²) in [4.78, 5) is 13.6. The Labute approximate surface area is 138 Å². The van der Waals surface area contributed by atoms with Crippen LogP contribution in [0.25, 0.3) is 11.0 Å². The number of thiophene rings is 1. The summed E-state index contributed by atoms with van der Waals surface area (Å²) < 4.78 is 0. The minimum absolute atomic E-state index is 0.721. The Hall–Kier alpha value is -2.45. The van der Waals surface area contributed by atoms with E-state index in [1.807, 2.05) is 24.3 Å². The van der Waals surface area contributed by atoms with Crippen molar-refractivity contribution in [1.82, 2.24) is 9.97 Å². The Morgan fingerprint density at radius 1 is 1.22 bits per heavy atom. The lowest BCUT2D eigenvalue weighted by molar-refractivity contribution is 0.712. The summed E-state index contributed by atoms with van der Waals surface area (Å²) in [6, 6.07) is 10.3. The van der Waals surface area contributed by atoms with Crippen LogP contribution in [0.5, 0.6) is 0 Å². The van der Waals surface area contributed by atoms with Gasteiger partial charge in [-0.3, -0.25) is 0 Å². The van der Waals surface area contributed by atoms with Crippen molar-refractivity contribution in [2.75, 3.05) is 0 Å². The molecule has 4 nitrogen and oxygen atoms in total. The summed E-state index contributed by atoms with van der Waals surface area (Å²) in [5.41, 5.74) is 3.92. The van der Waals surface area contributed by atoms with E-state index in [4.69, 9.17) is 0 Å². The SMILES string of the molecule is N#Cc1c(/N=C/c2nc3ccccc3[nH]2)sc2c1CCCCC2. The molecule has 114 valence electrons. The highest BCUT2D eigenvalue weighted by atomic mass is 32.1. The molecule has 0 atom stereocenters. The summed E-state index contributed by atoms with van der Waals surface area (Å²) in [5.74, 6) is 0.721. The summed E-state index contributed by atoms with van der Waals surface area (Å²) in [6.07, 6.45) is 7.45. The van der Waals surface area contributed by atoms with Crippen molar-refractivity contribution in [3.8, 4) is 6.07 Å². The maximum atomic E-state index is 9.53. The van der Waals surface area contributed by atoms with E-state index in [1.54, 1.807) is 17.6 Å². The quantitative estimate of drug-likeness (QED) is 0.557. The normalized spacial score (nSPS) is 14.7. The number of H-pyrrole nitrogens is 1. The zero-order valence-corrected chi connectivity index (χ0v) is 13.5. The molecule has 3 aromatic rings. The third-order valence-corrected chi connectivity index (χ3v) is 5.43. The smallest absolute Gasteiger partial charge is 0.149 e. The second-order valence-corrected chi connectivity index (χ2v) is 6.84. The molecule has 0 fully saturated rings. The lowest BCUT2D eigenvalue weighted by Gasteiger charge is -1.96. The molecule has 5 heteroatoms. The molecular formula is C18H16N4S. The fraction of sp³-hybridized carbons (Fsp3) is 0.278. The number of imidazole rings is 1. The van der Waals surface area contributed by atoms with Crippen LogP contribution in [-0.4, -0.2) is 16.2 Å². The largest absolute Gasteiger partial charge is 0.337 e. The Kier molecular flexibility index (Phi) is 3.68. The minimum atomic E-state index is 0.721. The highest BCUT2D eigenvalue weighted by Crippen LogP contribution is 2.38. The molecule has 0 spiro atoms. The molecule has 4 rings (SSSR count). The number of nitriles is 1. The van der Waals surface area contributed by atoms with Crippen molar-refractivity contribution >= 4 is 33.6 Å². The molecule has 0 unspecified atom stereocenters. The van der Waals surface area contributed by atoms with Crippen LogP contribution in [0.2, 0.25) is 0 Å². The Bertz CT molecular complexity index is 893. The van der Waals surface area contributed by atoms with Gasteiger partial charge in [0.2, 0.25) is 0 Å². The Morgan fingerprint density at radius 3 is 2.96 bits per heavy atom. The van der Waals surface area contributed by atoms with Gasteiger partial charge in [-0.05, 0) is 43.4 Å². The molecule has 23 heavy (non-hydrogen) atoms. The van der Waals surface area contributed by atoms with Gasteiger partial charge in [-0.1, -0.05) is 18.6 Å². The zero-order chi connectivity index (χ0) is 15.6. The molecular weight excluding hydrogens is 304 g/mol. The maximum Gasteiger partial charge on any atom is 0.149 e. The number of nitrogens with zero attached hydrogens (tertiary/aromatic N) is 3. The van der Waals surface area contributed by atoms with Crippen molar-refractivity contribution in [1.29, 1.82) is 5.26 Å². The van der Waals surface area contributed by atoms with E-state index in [-0.39, 0.29) is 0 Å². The first-order chi connectivity index (χ1) is 11.3. The van der Waals surface area contributed by atoms with E-state index >= 15 is 0 Å². The number of para-hydroxylation sites is 2. The van der Waals surface area contributed by atoms with Crippen LogP contribution in [0.15, 0.2) is 29.3 Å². The van der Waals surface area contributed by atoms with Crippen LogP contribution in [0.4, 0.5) is 5.00 Å². The first kappa shape index (κ1) is 14.2. The lowest BCUT2D eigenvalue weighted by Crippen LogP contribution is -1.87. The van der Waals surface area contributed by atoms with Gasteiger partial charge in [-0.2, -0.15) is 5.26 Å². The van der Waals surface area contributed by atoms with Crippen LogP contribution >= 0.6 is 11.3 Å². The number of aryl methyl sites for hydroxylation is 1. The van der Waals surface area contributed by atoms with Crippen LogP contribution in [0.3, 0.4) is 0 Å². The van der Waals surface area contributed by atoms with E-state index in [0.717, 1.165) is 40.3 Å². The fourth-order valence-corrected chi connectivity index (χ4v) is 4.27. The highest BCUT2D eigenvalue weighted by molar-refractivity contribution is 7.16. The third-order valence-electron chi connectivity index (χ3n) is 4.23. The van der Waals surface area contributed by atoms with E-state index in [0.29, 0.717) is 0 Å². The van der Waals surface area contributed by atoms with Gasteiger partial charge in [0.05, 0.1) is 22.8 Å².